The predicted molar refractivity (Wildman–Crippen MR) is 62.9 cm³/mol. The number of H-pyrrole nitrogens is 1. The third kappa shape index (κ3) is 1.97. The van der Waals surface area contributed by atoms with Crippen LogP contribution in [0.1, 0.15) is 25.3 Å². The van der Waals surface area contributed by atoms with Crippen LogP contribution in [0.3, 0.4) is 0 Å². The van der Waals surface area contributed by atoms with Crippen LogP contribution in [0.25, 0.3) is 0 Å². The Hall–Kier alpha value is -1.29. The molecule has 0 spiro atoms. The lowest BCUT2D eigenvalue weighted by Gasteiger charge is -2.34. The number of rotatable bonds is 3. The van der Waals surface area contributed by atoms with E-state index >= 15 is 0 Å². The van der Waals surface area contributed by atoms with Gasteiger partial charge in [-0.25, -0.2) is 0 Å². The van der Waals surface area contributed by atoms with Gasteiger partial charge in [-0.1, -0.05) is 0 Å². The quantitative estimate of drug-likeness (QED) is 0.796. The van der Waals surface area contributed by atoms with Crippen molar-refractivity contribution >= 4 is 5.91 Å². The average molecular weight is 221 g/mol. The van der Waals surface area contributed by atoms with E-state index in [2.05, 4.69) is 11.9 Å². The molecule has 4 nitrogen and oxygen atoms in total. The van der Waals surface area contributed by atoms with Crippen molar-refractivity contribution < 1.29 is 4.79 Å². The number of carbonyl (C=O) groups is 1. The molecule has 0 aliphatic carbocycles. The molecule has 0 aromatic carbocycles. The highest BCUT2D eigenvalue weighted by atomic mass is 16.2. The molecule has 4 heteroatoms. The van der Waals surface area contributed by atoms with Crippen molar-refractivity contribution in [2.45, 2.75) is 31.7 Å². The largest absolute Gasteiger partial charge is 0.367 e. The summed E-state index contributed by atoms with van der Waals surface area (Å²) in [4.78, 5) is 17.1. The number of aromatic nitrogens is 1. The van der Waals surface area contributed by atoms with E-state index in [9.17, 15) is 4.79 Å². The summed E-state index contributed by atoms with van der Waals surface area (Å²) in [6.07, 6.45) is 6.26. The van der Waals surface area contributed by atoms with Crippen molar-refractivity contribution in [3.63, 3.8) is 0 Å². The van der Waals surface area contributed by atoms with Crippen LogP contribution >= 0.6 is 0 Å². The minimum Gasteiger partial charge on any atom is -0.367 e. The highest BCUT2D eigenvalue weighted by Crippen LogP contribution is 2.28. The zero-order valence-electron chi connectivity index (χ0n) is 9.70. The lowest BCUT2D eigenvalue weighted by molar-refractivity contribution is -0.133. The van der Waals surface area contributed by atoms with Crippen molar-refractivity contribution in [1.29, 1.82) is 0 Å². The summed E-state index contributed by atoms with van der Waals surface area (Å²) in [7, 11) is 0. The molecular weight excluding hydrogens is 202 g/mol. The second-order valence-electron chi connectivity index (χ2n) is 4.75. The van der Waals surface area contributed by atoms with E-state index in [1.54, 1.807) is 0 Å². The topological polar surface area (TPSA) is 62.1 Å². The number of nitrogens with one attached hydrogen (secondary N) is 1. The second kappa shape index (κ2) is 4.29. The average Bonchev–Trinajstić information content (AvgIpc) is 2.88. The highest BCUT2D eigenvalue weighted by Gasteiger charge is 2.37. The zero-order chi connectivity index (χ0) is 11.6. The number of nitrogens with two attached hydrogens (primary N) is 1. The Morgan fingerprint density at radius 2 is 2.50 bits per heavy atom. The smallest absolute Gasteiger partial charge is 0.227 e. The van der Waals surface area contributed by atoms with E-state index in [0.717, 1.165) is 24.9 Å². The van der Waals surface area contributed by atoms with Gasteiger partial charge in [0.25, 0.3) is 0 Å². The van der Waals surface area contributed by atoms with Gasteiger partial charge < -0.3 is 15.6 Å². The monoisotopic (exact) mass is 221 g/mol. The normalized spacial score (nSPS) is 25.0. The zero-order valence-corrected chi connectivity index (χ0v) is 9.70. The van der Waals surface area contributed by atoms with Crippen LogP contribution < -0.4 is 5.73 Å². The molecule has 2 heterocycles. The molecule has 1 aliphatic rings. The number of amides is 1. The first-order valence-electron chi connectivity index (χ1n) is 5.78. The summed E-state index contributed by atoms with van der Waals surface area (Å²) in [5, 5.41) is 0. The van der Waals surface area contributed by atoms with Crippen LogP contribution in [0, 0.1) is 0 Å². The molecule has 1 fully saturated rings. The fourth-order valence-corrected chi connectivity index (χ4v) is 2.40. The van der Waals surface area contributed by atoms with Gasteiger partial charge in [0.05, 0.1) is 12.0 Å². The number of likely N-dealkylation sites (tertiary alicyclic amines) is 1. The molecule has 3 N–H and O–H groups in total. The molecule has 1 unspecified atom stereocenters. The second-order valence-corrected chi connectivity index (χ2v) is 4.75. The maximum absolute atomic E-state index is 12.1. The Morgan fingerprint density at radius 1 is 1.69 bits per heavy atom. The van der Waals surface area contributed by atoms with E-state index in [0.29, 0.717) is 13.0 Å². The van der Waals surface area contributed by atoms with Crippen LogP contribution in [-0.4, -0.2) is 34.4 Å². The lowest BCUT2D eigenvalue weighted by Crippen LogP contribution is -2.50. The predicted octanol–water partition coefficient (Wildman–Crippen LogP) is 0.897. The number of carbonyl (C=O) groups excluding carboxylic acids is 1. The number of aromatic amines is 1. The summed E-state index contributed by atoms with van der Waals surface area (Å²) in [5.41, 5.74) is 6.68. The summed E-state index contributed by atoms with van der Waals surface area (Å²) < 4.78 is 0. The summed E-state index contributed by atoms with van der Waals surface area (Å²) in [6.45, 7) is 3.47. The van der Waals surface area contributed by atoms with Gasteiger partial charge in [-0.3, -0.25) is 4.79 Å². The van der Waals surface area contributed by atoms with E-state index in [1.165, 1.54) is 0 Å². The Labute approximate surface area is 95.8 Å². The third-order valence-electron chi connectivity index (χ3n) is 3.51. The molecule has 0 saturated carbocycles. The van der Waals surface area contributed by atoms with Crippen molar-refractivity contribution in [2.24, 2.45) is 5.73 Å². The molecule has 1 aliphatic heterocycles. The summed E-state index contributed by atoms with van der Waals surface area (Å²) in [5.74, 6) is 0.185. The molecule has 2 rings (SSSR count). The third-order valence-corrected chi connectivity index (χ3v) is 3.51. The standard InChI is InChI=1S/C12H19N3O/c1-12(9-13)4-2-6-15(12)11(16)7-10-3-5-14-8-10/h3,5,8,14H,2,4,6-7,9,13H2,1H3. The molecule has 1 aromatic rings. The van der Waals surface area contributed by atoms with Crippen LogP contribution in [0.4, 0.5) is 0 Å². The first kappa shape index (κ1) is 11.2. The maximum Gasteiger partial charge on any atom is 0.227 e. The van der Waals surface area contributed by atoms with E-state index in [1.807, 2.05) is 23.4 Å². The minimum atomic E-state index is -0.132. The van der Waals surface area contributed by atoms with Crippen molar-refractivity contribution in [3.8, 4) is 0 Å². The van der Waals surface area contributed by atoms with E-state index in [4.69, 9.17) is 5.73 Å². The maximum atomic E-state index is 12.1. The Morgan fingerprint density at radius 3 is 3.12 bits per heavy atom. The fraction of sp³-hybridized carbons (Fsp3) is 0.583. The Bertz CT molecular complexity index is 360. The summed E-state index contributed by atoms with van der Waals surface area (Å²) in [6, 6.07) is 1.94. The molecule has 0 bridgehead atoms. The van der Waals surface area contributed by atoms with Gasteiger partial charge >= 0.3 is 0 Å². The van der Waals surface area contributed by atoms with Crippen LogP contribution in [0.2, 0.25) is 0 Å². The van der Waals surface area contributed by atoms with Gasteiger partial charge in [0.2, 0.25) is 5.91 Å². The molecule has 1 amide bonds. The Balaban J connectivity index is 2.04. The molecule has 1 aromatic heterocycles. The first-order chi connectivity index (χ1) is 7.65. The number of hydrogen-bond donors (Lipinski definition) is 2. The number of hydrogen-bond acceptors (Lipinski definition) is 2. The van der Waals surface area contributed by atoms with E-state index in [-0.39, 0.29) is 11.4 Å². The van der Waals surface area contributed by atoms with Gasteiger partial charge in [-0.2, -0.15) is 0 Å². The van der Waals surface area contributed by atoms with Crippen LogP contribution in [-0.2, 0) is 11.2 Å². The highest BCUT2D eigenvalue weighted by molar-refractivity contribution is 5.79. The first-order valence-corrected chi connectivity index (χ1v) is 5.78. The SMILES string of the molecule is CC1(CN)CCCN1C(=O)Cc1cc[nH]c1. The molecule has 1 saturated heterocycles. The van der Waals surface area contributed by atoms with Gasteiger partial charge in [0, 0.05) is 25.5 Å². The number of nitrogens with zero attached hydrogens (tertiary/aromatic N) is 1. The van der Waals surface area contributed by atoms with Crippen molar-refractivity contribution in [2.75, 3.05) is 13.1 Å². The van der Waals surface area contributed by atoms with Crippen molar-refractivity contribution in [3.05, 3.63) is 24.0 Å². The Kier molecular flexibility index (Phi) is 3.01. The van der Waals surface area contributed by atoms with Crippen LogP contribution in [0.15, 0.2) is 18.5 Å². The molecular formula is C12H19N3O. The molecule has 0 radical (unpaired) electrons. The van der Waals surface area contributed by atoms with Gasteiger partial charge in [-0.05, 0) is 31.4 Å². The van der Waals surface area contributed by atoms with Crippen LogP contribution in [0.5, 0.6) is 0 Å². The molecule has 1 atom stereocenters. The molecule has 16 heavy (non-hydrogen) atoms. The van der Waals surface area contributed by atoms with Gasteiger partial charge in [0.15, 0.2) is 0 Å². The minimum absolute atomic E-state index is 0.132. The van der Waals surface area contributed by atoms with E-state index < -0.39 is 0 Å². The van der Waals surface area contributed by atoms with Crippen molar-refractivity contribution in [1.82, 2.24) is 9.88 Å². The fourth-order valence-electron chi connectivity index (χ4n) is 2.40. The lowest BCUT2D eigenvalue weighted by atomic mass is 9.99. The summed E-state index contributed by atoms with van der Waals surface area (Å²) >= 11 is 0. The van der Waals surface area contributed by atoms with Gasteiger partial charge in [0.1, 0.15) is 0 Å². The van der Waals surface area contributed by atoms with Gasteiger partial charge in [-0.15, -0.1) is 0 Å². The molecule has 88 valence electrons.